The number of aryl methyl sites for hydroxylation is 1. The van der Waals surface area contributed by atoms with E-state index in [1.54, 1.807) is 6.92 Å². The highest BCUT2D eigenvalue weighted by atomic mass is 32.2. The fraction of sp³-hybridized carbons (Fsp3) is 0.700. The summed E-state index contributed by atoms with van der Waals surface area (Å²) < 4.78 is 27.0. The van der Waals surface area contributed by atoms with Crippen molar-refractivity contribution in [1.29, 1.82) is 0 Å². The number of sulfonamides is 1. The molecule has 1 heterocycles. The van der Waals surface area contributed by atoms with Gasteiger partial charge in [-0.15, -0.1) is 0 Å². The molecule has 0 amide bonds. The zero-order valence-electron chi connectivity index (χ0n) is 10.0. The molecule has 0 bridgehead atoms. The van der Waals surface area contributed by atoms with Crippen LogP contribution in [0, 0.1) is 6.92 Å². The van der Waals surface area contributed by atoms with E-state index in [-0.39, 0.29) is 10.8 Å². The second-order valence-corrected chi connectivity index (χ2v) is 7.54. The molecule has 2 rings (SSSR count). The van der Waals surface area contributed by atoms with E-state index in [0.29, 0.717) is 29.9 Å². The van der Waals surface area contributed by atoms with E-state index >= 15 is 0 Å². The summed E-state index contributed by atoms with van der Waals surface area (Å²) in [5.74, 6) is 0. The molecule has 8 heteroatoms. The maximum atomic E-state index is 12.2. The molecular weight excluding hydrogens is 276 g/mol. The van der Waals surface area contributed by atoms with Crippen molar-refractivity contribution in [3.8, 4) is 0 Å². The number of thiazole rings is 1. The van der Waals surface area contributed by atoms with E-state index in [1.165, 1.54) is 0 Å². The molecule has 0 aliphatic heterocycles. The van der Waals surface area contributed by atoms with Crippen LogP contribution in [0.4, 0.5) is 0 Å². The lowest BCUT2D eigenvalue weighted by Gasteiger charge is -2.27. The van der Waals surface area contributed by atoms with Gasteiger partial charge in [-0.3, -0.25) is 4.79 Å². The van der Waals surface area contributed by atoms with Crippen LogP contribution in [0.5, 0.6) is 0 Å². The SMILES string of the molecule is Cc1[nH]c(=O)sc1S(=O)(=O)NC1(CO)CCCC1. The standard InChI is InChI=1S/C10H16N2O4S2/c1-7-8(17-9(14)11-7)18(15,16)12-10(6-13)4-2-3-5-10/h12-13H,2-6H2,1H3,(H,11,14). The number of nitrogens with one attached hydrogen (secondary N) is 2. The van der Waals surface area contributed by atoms with E-state index in [4.69, 9.17) is 0 Å². The highest BCUT2D eigenvalue weighted by Gasteiger charge is 2.38. The second kappa shape index (κ2) is 4.76. The predicted octanol–water partition coefficient (Wildman–Crippen LogP) is 0.328. The molecular formula is C10H16N2O4S2. The molecule has 3 N–H and O–H groups in total. The lowest BCUT2D eigenvalue weighted by molar-refractivity contribution is 0.185. The molecule has 0 radical (unpaired) electrons. The van der Waals surface area contributed by atoms with E-state index < -0.39 is 20.4 Å². The smallest absolute Gasteiger partial charge is 0.305 e. The Bertz CT molecular complexity index is 581. The summed E-state index contributed by atoms with van der Waals surface area (Å²) in [6.45, 7) is 1.33. The lowest BCUT2D eigenvalue weighted by atomic mass is 10.0. The van der Waals surface area contributed by atoms with Gasteiger partial charge in [0.15, 0.2) is 4.21 Å². The summed E-state index contributed by atoms with van der Waals surface area (Å²) in [7, 11) is -3.75. The Labute approximate surface area is 109 Å². The minimum absolute atomic E-state index is 0.00669. The Balaban J connectivity index is 2.32. The second-order valence-electron chi connectivity index (χ2n) is 4.68. The molecule has 0 spiro atoms. The van der Waals surface area contributed by atoms with Crippen LogP contribution in [-0.2, 0) is 10.0 Å². The molecule has 102 valence electrons. The summed E-state index contributed by atoms with van der Waals surface area (Å²) in [6.07, 6.45) is 3.04. The molecule has 1 aliphatic rings. The summed E-state index contributed by atoms with van der Waals surface area (Å²) in [4.78, 5) is 13.2. The van der Waals surface area contributed by atoms with Crippen LogP contribution in [0.2, 0.25) is 0 Å². The van der Waals surface area contributed by atoms with Gasteiger partial charge in [0.05, 0.1) is 12.1 Å². The number of aliphatic hydroxyl groups is 1. The van der Waals surface area contributed by atoms with Crippen LogP contribution in [0.3, 0.4) is 0 Å². The zero-order chi connectivity index (χ0) is 13.4. The number of aromatic amines is 1. The monoisotopic (exact) mass is 292 g/mol. The summed E-state index contributed by atoms with van der Waals surface area (Å²) in [5.41, 5.74) is -0.429. The minimum atomic E-state index is -3.75. The van der Waals surface area contributed by atoms with E-state index in [2.05, 4.69) is 9.71 Å². The van der Waals surface area contributed by atoms with Gasteiger partial charge in [-0.05, 0) is 19.8 Å². The normalized spacial score (nSPS) is 19.2. The van der Waals surface area contributed by atoms with Gasteiger partial charge in [0.2, 0.25) is 0 Å². The number of hydrogen-bond acceptors (Lipinski definition) is 5. The Kier molecular flexibility index (Phi) is 3.63. The number of hydrogen-bond donors (Lipinski definition) is 3. The average molecular weight is 292 g/mol. The average Bonchev–Trinajstić information content (AvgIpc) is 2.86. The van der Waals surface area contributed by atoms with Gasteiger partial charge in [-0.1, -0.05) is 24.2 Å². The van der Waals surface area contributed by atoms with Crippen molar-refractivity contribution in [2.75, 3.05) is 6.61 Å². The topological polar surface area (TPSA) is 99.3 Å². The quantitative estimate of drug-likeness (QED) is 0.744. The van der Waals surface area contributed by atoms with Gasteiger partial charge in [0.1, 0.15) is 0 Å². The van der Waals surface area contributed by atoms with Crippen LogP contribution in [0.15, 0.2) is 9.00 Å². The molecule has 6 nitrogen and oxygen atoms in total. The highest BCUT2D eigenvalue weighted by Crippen LogP contribution is 2.31. The van der Waals surface area contributed by atoms with Crippen LogP contribution in [0.25, 0.3) is 0 Å². The predicted molar refractivity (Wildman–Crippen MR) is 68.3 cm³/mol. The van der Waals surface area contributed by atoms with E-state index in [9.17, 15) is 18.3 Å². The van der Waals surface area contributed by atoms with Crippen LogP contribution >= 0.6 is 11.3 Å². The fourth-order valence-corrected chi connectivity index (χ4v) is 5.08. The molecule has 18 heavy (non-hydrogen) atoms. The first-order chi connectivity index (χ1) is 8.38. The molecule has 1 aliphatic carbocycles. The van der Waals surface area contributed by atoms with Crippen molar-refractivity contribution in [2.24, 2.45) is 0 Å². The van der Waals surface area contributed by atoms with Crippen molar-refractivity contribution in [2.45, 2.75) is 42.4 Å². The van der Waals surface area contributed by atoms with Crippen LogP contribution < -0.4 is 9.60 Å². The van der Waals surface area contributed by atoms with Crippen molar-refractivity contribution in [3.63, 3.8) is 0 Å². The number of aliphatic hydroxyl groups excluding tert-OH is 1. The number of H-pyrrole nitrogens is 1. The van der Waals surface area contributed by atoms with Gasteiger partial charge in [-0.2, -0.15) is 0 Å². The summed E-state index contributed by atoms with van der Waals surface area (Å²) >= 11 is 0.671. The fourth-order valence-electron chi connectivity index (χ4n) is 2.32. The van der Waals surface area contributed by atoms with Crippen LogP contribution in [-0.4, -0.2) is 30.7 Å². The van der Waals surface area contributed by atoms with Crippen molar-refractivity contribution in [1.82, 2.24) is 9.71 Å². The molecule has 1 aromatic rings. The van der Waals surface area contributed by atoms with E-state index in [0.717, 1.165) is 12.8 Å². The first-order valence-electron chi connectivity index (χ1n) is 5.73. The molecule has 1 fully saturated rings. The van der Waals surface area contributed by atoms with Crippen LogP contribution in [0.1, 0.15) is 31.4 Å². The highest BCUT2D eigenvalue weighted by molar-refractivity contribution is 7.91. The Morgan fingerprint density at radius 2 is 2.06 bits per heavy atom. The molecule has 0 saturated heterocycles. The van der Waals surface area contributed by atoms with Gasteiger partial charge in [-0.25, -0.2) is 13.1 Å². The zero-order valence-corrected chi connectivity index (χ0v) is 11.7. The third kappa shape index (κ3) is 2.51. The van der Waals surface area contributed by atoms with Gasteiger partial charge >= 0.3 is 4.87 Å². The Hall–Kier alpha value is -0.700. The molecule has 1 saturated carbocycles. The molecule has 0 unspecified atom stereocenters. The first kappa shape index (κ1) is 13.7. The lowest BCUT2D eigenvalue weighted by Crippen LogP contribution is -2.49. The van der Waals surface area contributed by atoms with Gasteiger partial charge in [0, 0.05) is 5.69 Å². The number of aromatic nitrogens is 1. The maximum Gasteiger partial charge on any atom is 0.305 e. The number of rotatable bonds is 4. The maximum absolute atomic E-state index is 12.2. The minimum Gasteiger partial charge on any atom is -0.394 e. The Morgan fingerprint density at radius 3 is 2.50 bits per heavy atom. The van der Waals surface area contributed by atoms with Crippen molar-refractivity contribution >= 4 is 21.4 Å². The van der Waals surface area contributed by atoms with Gasteiger partial charge < -0.3 is 10.1 Å². The summed E-state index contributed by atoms with van der Waals surface area (Å²) in [6, 6.07) is 0. The third-order valence-corrected chi connectivity index (χ3v) is 6.42. The molecule has 0 aromatic carbocycles. The third-order valence-electron chi connectivity index (χ3n) is 3.24. The van der Waals surface area contributed by atoms with Gasteiger partial charge in [0.25, 0.3) is 10.0 Å². The summed E-state index contributed by atoms with van der Waals surface area (Å²) in [5, 5.41) is 9.41. The van der Waals surface area contributed by atoms with E-state index in [1.807, 2.05) is 0 Å². The first-order valence-corrected chi connectivity index (χ1v) is 8.03. The van der Waals surface area contributed by atoms with Crippen molar-refractivity contribution in [3.05, 3.63) is 15.4 Å². The molecule has 1 aromatic heterocycles. The Morgan fingerprint density at radius 1 is 1.44 bits per heavy atom. The van der Waals surface area contributed by atoms with Crippen molar-refractivity contribution < 1.29 is 13.5 Å². The molecule has 0 atom stereocenters. The largest absolute Gasteiger partial charge is 0.394 e.